The highest BCUT2D eigenvalue weighted by atomic mass is 79.9. The summed E-state index contributed by atoms with van der Waals surface area (Å²) in [5.74, 6) is 0. The van der Waals surface area contributed by atoms with Gasteiger partial charge in [-0.3, -0.25) is 10.1 Å². The van der Waals surface area contributed by atoms with Gasteiger partial charge in [0.05, 0.1) is 16.7 Å². The van der Waals surface area contributed by atoms with E-state index in [1.54, 1.807) is 6.07 Å². The van der Waals surface area contributed by atoms with Crippen molar-refractivity contribution in [3.8, 4) is 0 Å². The molecule has 0 radical (unpaired) electrons. The van der Waals surface area contributed by atoms with E-state index in [0.29, 0.717) is 29.8 Å². The third-order valence-corrected chi connectivity index (χ3v) is 3.86. The van der Waals surface area contributed by atoms with Crippen LogP contribution in [-0.2, 0) is 0 Å². The first-order chi connectivity index (χ1) is 8.60. The molecule has 0 atom stereocenters. The number of anilines is 1. The molecule has 0 unspecified atom stereocenters. The minimum atomic E-state index is -0.385. The summed E-state index contributed by atoms with van der Waals surface area (Å²) in [6.45, 7) is 5.33. The molecule has 0 aliphatic carbocycles. The molecule has 1 aromatic heterocycles. The van der Waals surface area contributed by atoms with Crippen molar-refractivity contribution in [2.24, 2.45) is 0 Å². The van der Waals surface area contributed by atoms with Gasteiger partial charge in [0.25, 0.3) is 0 Å². The Labute approximate surface area is 116 Å². The number of nitro groups is 1. The summed E-state index contributed by atoms with van der Waals surface area (Å²) >= 11 is 4.37. The Bertz CT molecular complexity index is 597. The fourth-order valence-corrected chi connectivity index (χ4v) is 3.04. The van der Waals surface area contributed by atoms with Crippen molar-refractivity contribution in [3.05, 3.63) is 20.7 Å². The van der Waals surface area contributed by atoms with Gasteiger partial charge in [0.2, 0.25) is 0 Å². The molecule has 0 N–H and O–H groups in total. The molecule has 0 spiro atoms. The lowest BCUT2D eigenvalue weighted by Gasteiger charge is -2.20. The average Bonchev–Trinajstić information content (AvgIpc) is 2.79. The topological polar surface area (TPSA) is 72.2 Å². The van der Waals surface area contributed by atoms with Crippen LogP contribution in [0.4, 0.5) is 11.4 Å². The molecule has 0 bridgehead atoms. The van der Waals surface area contributed by atoms with Crippen LogP contribution in [0.2, 0.25) is 0 Å². The number of rotatable bonds is 4. The van der Waals surface area contributed by atoms with E-state index < -0.39 is 0 Å². The molecular formula is C10H11BrN4O2S. The van der Waals surface area contributed by atoms with Gasteiger partial charge in [0.1, 0.15) is 11.2 Å². The largest absolute Gasteiger partial charge is 0.366 e. The van der Waals surface area contributed by atoms with Crippen LogP contribution in [0.3, 0.4) is 0 Å². The van der Waals surface area contributed by atoms with Gasteiger partial charge in [-0.1, -0.05) is 0 Å². The van der Waals surface area contributed by atoms with Gasteiger partial charge in [-0.2, -0.15) is 8.75 Å². The summed E-state index contributed by atoms with van der Waals surface area (Å²) in [4.78, 5) is 12.8. The lowest BCUT2D eigenvalue weighted by Crippen LogP contribution is -2.23. The lowest BCUT2D eigenvalue weighted by atomic mass is 10.2. The fraction of sp³-hybridized carbons (Fsp3) is 0.400. The van der Waals surface area contributed by atoms with Gasteiger partial charge in [-0.15, -0.1) is 0 Å². The van der Waals surface area contributed by atoms with Crippen LogP contribution in [0.5, 0.6) is 0 Å². The molecule has 1 aromatic carbocycles. The predicted octanol–water partition coefficient (Wildman–Crippen LogP) is 3.21. The van der Waals surface area contributed by atoms with Crippen molar-refractivity contribution >= 4 is 50.1 Å². The van der Waals surface area contributed by atoms with Gasteiger partial charge in [0, 0.05) is 17.6 Å². The average molecular weight is 331 g/mol. The summed E-state index contributed by atoms with van der Waals surface area (Å²) in [7, 11) is 0. The monoisotopic (exact) mass is 330 g/mol. The number of nitrogens with zero attached hydrogens (tertiary/aromatic N) is 4. The highest BCUT2D eigenvalue weighted by Crippen LogP contribution is 2.39. The number of benzene rings is 1. The molecule has 0 saturated carbocycles. The normalized spacial score (nSPS) is 10.8. The second kappa shape index (κ2) is 5.15. The maximum absolute atomic E-state index is 11.3. The first-order valence-electron chi connectivity index (χ1n) is 5.44. The molecule has 0 aliphatic heterocycles. The van der Waals surface area contributed by atoms with E-state index in [2.05, 4.69) is 24.7 Å². The van der Waals surface area contributed by atoms with E-state index in [1.165, 1.54) is 0 Å². The molecule has 1 heterocycles. The molecule has 2 rings (SSSR count). The second-order valence-electron chi connectivity index (χ2n) is 3.62. The third-order valence-electron chi connectivity index (χ3n) is 2.73. The summed E-state index contributed by atoms with van der Waals surface area (Å²) in [5, 5.41) is 11.3. The molecule has 0 saturated heterocycles. The van der Waals surface area contributed by atoms with Gasteiger partial charge in [-0.25, -0.2) is 0 Å². The first-order valence-corrected chi connectivity index (χ1v) is 6.96. The van der Waals surface area contributed by atoms with E-state index in [9.17, 15) is 10.1 Å². The minimum Gasteiger partial charge on any atom is -0.366 e. The molecule has 0 fully saturated rings. The minimum absolute atomic E-state index is 0.0330. The van der Waals surface area contributed by atoms with Crippen LogP contribution in [0, 0.1) is 10.1 Å². The van der Waals surface area contributed by atoms with E-state index in [0.717, 1.165) is 16.2 Å². The van der Waals surface area contributed by atoms with Crippen LogP contribution >= 0.6 is 27.7 Å². The Balaban J connectivity index is 2.78. The zero-order valence-corrected chi connectivity index (χ0v) is 12.3. The number of nitro benzene ring substituents is 1. The van der Waals surface area contributed by atoms with Crippen LogP contribution in [0.25, 0.3) is 11.0 Å². The summed E-state index contributed by atoms with van der Waals surface area (Å²) in [5.41, 5.74) is 1.51. The zero-order chi connectivity index (χ0) is 13.3. The van der Waals surface area contributed by atoms with Gasteiger partial charge < -0.3 is 4.90 Å². The Morgan fingerprint density at radius 3 is 2.56 bits per heavy atom. The van der Waals surface area contributed by atoms with Crippen LogP contribution in [-0.4, -0.2) is 26.8 Å². The van der Waals surface area contributed by atoms with Crippen molar-refractivity contribution in [1.82, 2.24) is 8.75 Å². The molecular weight excluding hydrogens is 320 g/mol. The summed E-state index contributed by atoms with van der Waals surface area (Å²) in [6.07, 6.45) is 0. The van der Waals surface area contributed by atoms with Crippen LogP contribution < -0.4 is 4.90 Å². The first kappa shape index (κ1) is 13.2. The van der Waals surface area contributed by atoms with Gasteiger partial charge in [-0.05, 0) is 35.8 Å². The molecule has 6 nitrogen and oxygen atoms in total. The summed E-state index contributed by atoms with van der Waals surface area (Å²) < 4.78 is 8.85. The van der Waals surface area contributed by atoms with E-state index >= 15 is 0 Å². The van der Waals surface area contributed by atoms with Crippen molar-refractivity contribution < 1.29 is 4.92 Å². The highest BCUT2D eigenvalue weighted by Gasteiger charge is 2.26. The number of halogens is 1. The van der Waals surface area contributed by atoms with E-state index in [-0.39, 0.29) is 10.6 Å². The van der Waals surface area contributed by atoms with E-state index in [4.69, 9.17) is 0 Å². The SMILES string of the molecule is CCN(CC)c1cc(Br)c2nsnc2c1[N+](=O)[O-]. The zero-order valence-electron chi connectivity index (χ0n) is 9.88. The van der Waals surface area contributed by atoms with Crippen molar-refractivity contribution in [1.29, 1.82) is 0 Å². The molecule has 96 valence electrons. The fourth-order valence-electron chi connectivity index (χ4n) is 1.86. The molecule has 8 heteroatoms. The second-order valence-corrected chi connectivity index (χ2v) is 5.00. The predicted molar refractivity (Wildman–Crippen MR) is 75.3 cm³/mol. The third kappa shape index (κ3) is 2.05. The Kier molecular flexibility index (Phi) is 3.76. The van der Waals surface area contributed by atoms with Crippen molar-refractivity contribution in [2.45, 2.75) is 13.8 Å². The lowest BCUT2D eigenvalue weighted by molar-refractivity contribution is -0.382. The smallest absolute Gasteiger partial charge is 0.321 e. The quantitative estimate of drug-likeness (QED) is 0.635. The van der Waals surface area contributed by atoms with Crippen LogP contribution in [0.15, 0.2) is 10.5 Å². The van der Waals surface area contributed by atoms with E-state index in [1.807, 2.05) is 18.7 Å². The van der Waals surface area contributed by atoms with Crippen molar-refractivity contribution in [3.63, 3.8) is 0 Å². The maximum atomic E-state index is 11.3. The highest BCUT2D eigenvalue weighted by molar-refractivity contribution is 9.10. The van der Waals surface area contributed by atoms with Gasteiger partial charge in [0.15, 0.2) is 5.52 Å². The number of hydrogen-bond acceptors (Lipinski definition) is 6. The molecule has 2 aromatic rings. The Morgan fingerprint density at radius 2 is 2.00 bits per heavy atom. The standard InChI is InChI=1S/C10H11BrN4O2S/c1-3-14(4-2)7-5-6(11)8-9(13-18-12-8)10(7)15(16)17/h5H,3-4H2,1-2H3. The van der Waals surface area contributed by atoms with Gasteiger partial charge >= 0.3 is 5.69 Å². The Morgan fingerprint density at radius 1 is 1.39 bits per heavy atom. The molecule has 18 heavy (non-hydrogen) atoms. The Hall–Kier alpha value is -1.28. The number of aromatic nitrogens is 2. The molecule has 0 amide bonds. The van der Waals surface area contributed by atoms with Crippen LogP contribution in [0.1, 0.15) is 13.8 Å². The number of hydrogen-bond donors (Lipinski definition) is 0. The van der Waals surface area contributed by atoms with Crippen molar-refractivity contribution in [2.75, 3.05) is 18.0 Å². The summed E-state index contributed by atoms with van der Waals surface area (Å²) in [6, 6.07) is 1.74. The number of fused-ring (bicyclic) bond motifs is 1. The maximum Gasteiger partial charge on any atom is 0.321 e. The molecule has 0 aliphatic rings.